The predicted octanol–water partition coefficient (Wildman–Crippen LogP) is 4.94. The molecule has 1 amide bonds. The van der Waals surface area contributed by atoms with Crippen LogP contribution in [0.1, 0.15) is 12.5 Å². The summed E-state index contributed by atoms with van der Waals surface area (Å²) in [5, 5.41) is 7.84. The molecular weight excluding hydrogens is 376 g/mol. The second-order valence-corrected chi connectivity index (χ2v) is 7.85. The first-order chi connectivity index (χ1) is 13.2. The Morgan fingerprint density at radius 2 is 2.00 bits per heavy atom. The monoisotopic (exact) mass is 394 g/mol. The average molecular weight is 395 g/mol. The van der Waals surface area contributed by atoms with Crippen molar-refractivity contribution < 1.29 is 4.79 Å². The van der Waals surface area contributed by atoms with Gasteiger partial charge in [0.15, 0.2) is 0 Å². The zero-order valence-electron chi connectivity index (χ0n) is 14.8. The van der Waals surface area contributed by atoms with Crippen molar-refractivity contribution in [3.05, 3.63) is 65.2 Å². The van der Waals surface area contributed by atoms with Crippen LogP contribution in [0.3, 0.4) is 0 Å². The molecule has 1 aromatic carbocycles. The van der Waals surface area contributed by atoms with Gasteiger partial charge in [0.05, 0.1) is 16.9 Å². The van der Waals surface area contributed by atoms with E-state index in [-0.39, 0.29) is 12.5 Å². The highest BCUT2D eigenvalue weighted by molar-refractivity contribution is 7.15. The lowest BCUT2D eigenvalue weighted by Gasteiger charge is -2.06. The maximum absolute atomic E-state index is 12.3. The number of anilines is 1. The van der Waals surface area contributed by atoms with E-state index in [9.17, 15) is 4.79 Å². The van der Waals surface area contributed by atoms with Gasteiger partial charge in [-0.3, -0.25) is 4.79 Å². The molecule has 27 heavy (non-hydrogen) atoms. The first-order valence-electron chi connectivity index (χ1n) is 8.61. The van der Waals surface area contributed by atoms with Crippen molar-refractivity contribution in [1.29, 1.82) is 0 Å². The Hall–Kier alpha value is -2.77. The molecular formula is C20H18N4OS2. The van der Waals surface area contributed by atoms with Gasteiger partial charge in [0.1, 0.15) is 17.2 Å². The van der Waals surface area contributed by atoms with Crippen molar-refractivity contribution in [3.63, 3.8) is 0 Å². The number of nitrogens with zero attached hydrogens (tertiary/aromatic N) is 3. The van der Waals surface area contributed by atoms with Crippen molar-refractivity contribution in [1.82, 2.24) is 14.5 Å². The number of aromatic nitrogens is 3. The Kier molecular flexibility index (Phi) is 5.13. The van der Waals surface area contributed by atoms with Gasteiger partial charge in [-0.1, -0.05) is 25.1 Å². The highest BCUT2D eigenvalue weighted by Gasteiger charge is 2.11. The normalized spacial score (nSPS) is 10.9. The van der Waals surface area contributed by atoms with Gasteiger partial charge in [0, 0.05) is 17.3 Å². The van der Waals surface area contributed by atoms with Crippen LogP contribution < -0.4 is 5.32 Å². The van der Waals surface area contributed by atoms with Crippen molar-refractivity contribution in [3.8, 4) is 21.3 Å². The number of thiazole rings is 1. The molecule has 3 heterocycles. The summed E-state index contributed by atoms with van der Waals surface area (Å²) >= 11 is 3.23. The number of rotatable bonds is 6. The maximum atomic E-state index is 12.3. The number of imidazole rings is 1. The summed E-state index contributed by atoms with van der Waals surface area (Å²) in [6.07, 6.45) is 4.51. The van der Waals surface area contributed by atoms with Crippen LogP contribution in [-0.4, -0.2) is 20.4 Å². The Morgan fingerprint density at radius 3 is 2.74 bits per heavy atom. The zero-order chi connectivity index (χ0) is 18.6. The minimum absolute atomic E-state index is 0.0818. The molecule has 0 saturated carbocycles. The standard InChI is InChI=1S/C20H18N4OS2/c1-2-14-5-7-15(8-6-14)22-19(25)11-24-10-16(21-13-24)20-23-17(12-27-20)18-4-3-9-26-18/h3-10,12-13H,2,11H2,1H3,(H,22,25). The maximum Gasteiger partial charge on any atom is 0.244 e. The van der Waals surface area contributed by atoms with Gasteiger partial charge in [-0.2, -0.15) is 0 Å². The third kappa shape index (κ3) is 4.15. The van der Waals surface area contributed by atoms with E-state index in [1.54, 1.807) is 33.6 Å². The van der Waals surface area contributed by atoms with Gasteiger partial charge in [0.2, 0.25) is 5.91 Å². The molecule has 0 aliphatic heterocycles. The number of nitrogens with one attached hydrogen (secondary N) is 1. The third-order valence-electron chi connectivity index (χ3n) is 4.10. The molecule has 0 fully saturated rings. The second-order valence-electron chi connectivity index (χ2n) is 6.05. The molecule has 0 bridgehead atoms. The molecule has 0 spiro atoms. The quantitative estimate of drug-likeness (QED) is 0.504. The molecule has 136 valence electrons. The summed E-state index contributed by atoms with van der Waals surface area (Å²) < 4.78 is 1.78. The van der Waals surface area contributed by atoms with Gasteiger partial charge < -0.3 is 9.88 Å². The Morgan fingerprint density at radius 1 is 1.15 bits per heavy atom. The highest BCUT2D eigenvalue weighted by Crippen LogP contribution is 2.30. The molecule has 0 saturated heterocycles. The number of amides is 1. The van der Waals surface area contributed by atoms with E-state index in [1.165, 1.54) is 5.56 Å². The summed E-state index contributed by atoms with van der Waals surface area (Å²) in [5.74, 6) is -0.0818. The van der Waals surface area contributed by atoms with Gasteiger partial charge in [-0.05, 0) is 35.6 Å². The third-order valence-corrected chi connectivity index (χ3v) is 5.86. The Labute approximate surface area is 165 Å². The van der Waals surface area contributed by atoms with E-state index in [0.29, 0.717) is 0 Å². The molecule has 0 aliphatic rings. The van der Waals surface area contributed by atoms with Crippen molar-refractivity contribution in [2.24, 2.45) is 0 Å². The fourth-order valence-corrected chi connectivity index (χ4v) is 4.22. The van der Waals surface area contributed by atoms with E-state index in [2.05, 4.69) is 28.3 Å². The van der Waals surface area contributed by atoms with Gasteiger partial charge in [-0.15, -0.1) is 22.7 Å². The average Bonchev–Trinajstić information content (AvgIpc) is 3.43. The minimum atomic E-state index is -0.0818. The molecule has 4 rings (SSSR count). The van der Waals surface area contributed by atoms with Crippen molar-refractivity contribution in [2.45, 2.75) is 19.9 Å². The summed E-state index contributed by atoms with van der Waals surface area (Å²) in [7, 11) is 0. The van der Waals surface area contributed by atoms with Gasteiger partial charge >= 0.3 is 0 Å². The minimum Gasteiger partial charge on any atom is -0.327 e. The lowest BCUT2D eigenvalue weighted by atomic mass is 10.1. The molecule has 7 heteroatoms. The van der Waals surface area contributed by atoms with Gasteiger partial charge in [0.25, 0.3) is 0 Å². The molecule has 0 aliphatic carbocycles. The number of benzene rings is 1. The molecule has 0 unspecified atom stereocenters. The summed E-state index contributed by atoms with van der Waals surface area (Å²) in [4.78, 5) is 22.5. The number of hydrogen-bond acceptors (Lipinski definition) is 5. The fourth-order valence-electron chi connectivity index (χ4n) is 2.68. The second kappa shape index (κ2) is 7.85. The van der Waals surface area contributed by atoms with Crippen LogP contribution in [0, 0.1) is 0 Å². The molecule has 3 aromatic heterocycles. The van der Waals surface area contributed by atoms with Crippen molar-refractivity contribution >= 4 is 34.3 Å². The Balaban J connectivity index is 1.41. The molecule has 0 atom stereocenters. The first kappa shape index (κ1) is 17.6. The number of aryl methyl sites for hydroxylation is 1. The van der Waals surface area contributed by atoms with Crippen LogP contribution >= 0.6 is 22.7 Å². The molecule has 0 radical (unpaired) electrons. The van der Waals surface area contributed by atoms with E-state index in [0.717, 1.165) is 33.4 Å². The van der Waals surface area contributed by atoms with Crippen LogP contribution in [0.25, 0.3) is 21.3 Å². The molecule has 5 nitrogen and oxygen atoms in total. The number of carbonyl (C=O) groups excluding carboxylic acids is 1. The zero-order valence-corrected chi connectivity index (χ0v) is 16.4. The largest absolute Gasteiger partial charge is 0.327 e. The van der Waals surface area contributed by atoms with E-state index >= 15 is 0 Å². The van der Waals surface area contributed by atoms with Crippen LogP contribution in [0.5, 0.6) is 0 Å². The summed E-state index contributed by atoms with van der Waals surface area (Å²) in [5.41, 5.74) is 3.80. The number of hydrogen-bond donors (Lipinski definition) is 1. The molecule has 4 aromatic rings. The van der Waals surface area contributed by atoms with Crippen LogP contribution in [0.15, 0.2) is 59.7 Å². The van der Waals surface area contributed by atoms with Crippen LogP contribution in [-0.2, 0) is 17.8 Å². The van der Waals surface area contributed by atoms with E-state index in [4.69, 9.17) is 0 Å². The summed E-state index contributed by atoms with van der Waals surface area (Å²) in [6, 6.07) is 12.0. The van der Waals surface area contributed by atoms with Crippen molar-refractivity contribution in [2.75, 3.05) is 5.32 Å². The Bertz CT molecular complexity index is 1030. The lowest BCUT2D eigenvalue weighted by molar-refractivity contribution is -0.116. The highest BCUT2D eigenvalue weighted by atomic mass is 32.1. The van der Waals surface area contributed by atoms with Crippen LogP contribution in [0.2, 0.25) is 0 Å². The SMILES string of the molecule is CCc1ccc(NC(=O)Cn2cnc(-c3nc(-c4cccs4)cs3)c2)cc1. The smallest absolute Gasteiger partial charge is 0.244 e. The molecule has 1 N–H and O–H groups in total. The summed E-state index contributed by atoms with van der Waals surface area (Å²) in [6.45, 7) is 2.32. The van der Waals surface area contributed by atoms with E-state index in [1.807, 2.05) is 47.3 Å². The predicted molar refractivity (Wildman–Crippen MR) is 111 cm³/mol. The number of thiophene rings is 1. The first-order valence-corrected chi connectivity index (χ1v) is 10.4. The lowest BCUT2D eigenvalue weighted by Crippen LogP contribution is -2.17. The number of carbonyl (C=O) groups is 1. The van der Waals surface area contributed by atoms with Crippen LogP contribution in [0.4, 0.5) is 5.69 Å². The van der Waals surface area contributed by atoms with E-state index < -0.39 is 0 Å². The fraction of sp³-hybridized carbons (Fsp3) is 0.150. The van der Waals surface area contributed by atoms with Gasteiger partial charge in [-0.25, -0.2) is 9.97 Å². The topological polar surface area (TPSA) is 59.8 Å².